The average molecular weight is 466 g/mol. The number of carbonyl (C=O) groups is 1. The van der Waals surface area contributed by atoms with Crippen LogP contribution in [0.2, 0.25) is 0 Å². The number of pyridine rings is 1. The third-order valence-corrected chi connectivity index (χ3v) is 6.07. The van der Waals surface area contributed by atoms with E-state index in [1.807, 2.05) is 31.2 Å². The van der Waals surface area contributed by atoms with Crippen molar-refractivity contribution in [2.75, 3.05) is 40.4 Å². The van der Waals surface area contributed by atoms with Crippen molar-refractivity contribution in [2.24, 2.45) is 5.92 Å². The van der Waals surface area contributed by atoms with E-state index in [0.717, 1.165) is 25.1 Å². The fourth-order valence-electron chi connectivity index (χ4n) is 4.06. The quantitative estimate of drug-likeness (QED) is 0.634. The number of likely N-dealkylation sites (N-methyl/N-ethyl adjacent to an activating group) is 1. The monoisotopic (exact) mass is 465 g/mol. The molecule has 0 saturated heterocycles. The number of ether oxygens (including phenoxy) is 2. The van der Waals surface area contributed by atoms with Crippen LogP contribution in [0.3, 0.4) is 0 Å². The highest BCUT2D eigenvalue weighted by molar-refractivity contribution is 5.97. The maximum Gasteiger partial charge on any atom is 0.259 e. The molecule has 2 aromatic rings. The first-order valence-corrected chi connectivity index (χ1v) is 11.8. The molecule has 0 bridgehead atoms. The number of hydrogen-bond donors (Lipinski definition) is 1. The lowest BCUT2D eigenvalue weighted by atomic mass is 10.00. The molecule has 3 atom stereocenters. The molecule has 1 N–H and O–H groups in total. The predicted octanol–water partition coefficient (Wildman–Crippen LogP) is 3.05. The van der Waals surface area contributed by atoms with Gasteiger partial charge in [0.25, 0.3) is 5.91 Å². The van der Waals surface area contributed by atoms with E-state index in [1.54, 1.807) is 24.3 Å². The summed E-state index contributed by atoms with van der Waals surface area (Å²) in [6.07, 6.45) is 2.54. The van der Waals surface area contributed by atoms with E-state index in [9.17, 15) is 9.90 Å². The van der Waals surface area contributed by atoms with E-state index in [1.165, 1.54) is 0 Å². The van der Waals surface area contributed by atoms with E-state index in [2.05, 4.69) is 42.6 Å². The van der Waals surface area contributed by atoms with Crippen molar-refractivity contribution >= 4 is 5.91 Å². The third kappa shape index (κ3) is 6.07. The molecular weight excluding hydrogens is 430 g/mol. The number of aliphatic hydroxyl groups excluding tert-OH is 1. The van der Waals surface area contributed by atoms with Crippen molar-refractivity contribution in [1.82, 2.24) is 14.8 Å². The number of rotatable bonds is 7. The molecule has 1 amide bonds. The fraction of sp³-hybridized carbons (Fsp3) is 0.481. The van der Waals surface area contributed by atoms with Crippen molar-refractivity contribution in [3.8, 4) is 23.5 Å². The number of hydrogen-bond acceptors (Lipinski definition) is 6. The molecule has 34 heavy (non-hydrogen) atoms. The predicted molar refractivity (Wildman–Crippen MR) is 132 cm³/mol. The van der Waals surface area contributed by atoms with E-state index in [4.69, 9.17) is 9.47 Å². The van der Waals surface area contributed by atoms with Crippen LogP contribution < -0.4 is 9.47 Å². The van der Waals surface area contributed by atoms with Crippen LogP contribution >= 0.6 is 0 Å². The van der Waals surface area contributed by atoms with Crippen LogP contribution in [-0.4, -0.2) is 78.3 Å². The number of aliphatic hydroxyl groups is 1. The highest BCUT2D eigenvalue weighted by atomic mass is 16.5. The Hall–Kier alpha value is -3.08. The zero-order chi connectivity index (χ0) is 24.7. The van der Waals surface area contributed by atoms with Gasteiger partial charge in [-0.25, -0.2) is 4.98 Å². The Balaban J connectivity index is 1.99. The first kappa shape index (κ1) is 25.5. The summed E-state index contributed by atoms with van der Waals surface area (Å²) in [6, 6.07) is 8.92. The summed E-state index contributed by atoms with van der Waals surface area (Å²) in [7, 11) is 3.68. The van der Waals surface area contributed by atoms with Gasteiger partial charge in [-0.2, -0.15) is 0 Å². The Kier molecular flexibility index (Phi) is 8.91. The SMILES string of the molecule is CCCN(C)C[C@H]1Oc2ncc(C#Cc3ccccc3OC)cc2C(=O)N([C@H](C)CO)C[C@H]1C. The summed E-state index contributed by atoms with van der Waals surface area (Å²) < 4.78 is 11.7. The van der Waals surface area contributed by atoms with Gasteiger partial charge in [0.1, 0.15) is 17.4 Å². The second kappa shape index (κ2) is 11.9. The summed E-state index contributed by atoms with van der Waals surface area (Å²) in [5, 5.41) is 9.81. The molecule has 182 valence electrons. The third-order valence-electron chi connectivity index (χ3n) is 6.07. The van der Waals surface area contributed by atoms with Crippen LogP contribution in [-0.2, 0) is 0 Å². The van der Waals surface area contributed by atoms with Crippen molar-refractivity contribution in [2.45, 2.75) is 39.3 Å². The number of amides is 1. The molecule has 0 fully saturated rings. The van der Waals surface area contributed by atoms with Gasteiger partial charge in [0.15, 0.2) is 0 Å². The molecule has 1 aromatic carbocycles. The summed E-state index contributed by atoms with van der Waals surface area (Å²) in [4.78, 5) is 22.0. The van der Waals surface area contributed by atoms with Crippen molar-refractivity contribution < 1.29 is 19.4 Å². The van der Waals surface area contributed by atoms with Crippen LogP contribution in [0.4, 0.5) is 0 Å². The summed E-state index contributed by atoms with van der Waals surface area (Å²) >= 11 is 0. The number of carbonyl (C=O) groups excluding carboxylic acids is 1. The lowest BCUT2D eigenvalue weighted by Crippen LogP contribution is -2.50. The van der Waals surface area contributed by atoms with Crippen LogP contribution in [0, 0.1) is 17.8 Å². The van der Waals surface area contributed by atoms with Gasteiger partial charge in [-0.1, -0.05) is 37.8 Å². The molecule has 0 spiro atoms. The van der Waals surface area contributed by atoms with Gasteiger partial charge in [-0.05, 0) is 45.1 Å². The maximum atomic E-state index is 13.5. The Labute approximate surface area is 202 Å². The second-order valence-electron chi connectivity index (χ2n) is 8.91. The van der Waals surface area contributed by atoms with Crippen molar-refractivity contribution in [1.29, 1.82) is 0 Å². The molecule has 1 aliphatic heterocycles. The van der Waals surface area contributed by atoms with E-state index < -0.39 is 0 Å². The molecule has 3 rings (SSSR count). The minimum Gasteiger partial charge on any atom is -0.495 e. The number of nitrogens with zero attached hydrogens (tertiary/aromatic N) is 3. The lowest BCUT2D eigenvalue weighted by molar-refractivity contribution is 0.0331. The van der Waals surface area contributed by atoms with Gasteiger partial charge in [-0.3, -0.25) is 4.79 Å². The normalized spacial score (nSPS) is 18.8. The Bertz CT molecular complexity index is 1050. The van der Waals surface area contributed by atoms with Gasteiger partial charge in [0, 0.05) is 30.8 Å². The Morgan fingerprint density at radius 1 is 1.35 bits per heavy atom. The molecule has 1 aliphatic rings. The molecule has 1 aromatic heterocycles. The van der Waals surface area contributed by atoms with Gasteiger partial charge >= 0.3 is 0 Å². The Morgan fingerprint density at radius 2 is 2.12 bits per heavy atom. The number of fused-ring (bicyclic) bond motifs is 1. The fourth-order valence-corrected chi connectivity index (χ4v) is 4.06. The summed E-state index contributed by atoms with van der Waals surface area (Å²) in [5.41, 5.74) is 1.72. The molecule has 7 nitrogen and oxygen atoms in total. The topological polar surface area (TPSA) is 75.1 Å². The van der Waals surface area contributed by atoms with Crippen LogP contribution in [0.15, 0.2) is 36.5 Å². The Morgan fingerprint density at radius 3 is 2.82 bits per heavy atom. The number of methoxy groups -OCH3 is 1. The van der Waals surface area contributed by atoms with Crippen molar-refractivity contribution in [3.05, 3.63) is 53.2 Å². The van der Waals surface area contributed by atoms with E-state index in [-0.39, 0.29) is 30.6 Å². The first-order chi connectivity index (χ1) is 16.4. The minimum absolute atomic E-state index is 0.0669. The van der Waals surface area contributed by atoms with Crippen LogP contribution in [0.25, 0.3) is 0 Å². The molecule has 7 heteroatoms. The highest BCUT2D eigenvalue weighted by Gasteiger charge is 2.34. The summed E-state index contributed by atoms with van der Waals surface area (Å²) in [6.45, 7) is 8.13. The largest absolute Gasteiger partial charge is 0.495 e. The maximum absolute atomic E-state index is 13.5. The van der Waals surface area contributed by atoms with Gasteiger partial charge in [0.2, 0.25) is 5.88 Å². The number of aromatic nitrogens is 1. The average Bonchev–Trinajstić information content (AvgIpc) is 2.84. The molecule has 0 radical (unpaired) electrons. The number of benzene rings is 1. The van der Waals surface area contributed by atoms with E-state index in [0.29, 0.717) is 29.3 Å². The van der Waals surface area contributed by atoms with E-state index >= 15 is 0 Å². The molecule has 0 saturated carbocycles. The standard InChI is InChI=1S/C27H35N3O4/c1-6-13-29(4)17-25-19(2)16-30(20(3)18-31)27(32)23-14-21(15-28-26(23)34-25)11-12-22-9-7-8-10-24(22)33-5/h7-10,14-15,19-20,25,31H,6,13,16-18H2,1-5H3/t19-,20-,25-/m1/s1. The summed E-state index contributed by atoms with van der Waals surface area (Å²) in [5.74, 6) is 7.05. The zero-order valence-corrected chi connectivity index (χ0v) is 20.7. The first-order valence-electron chi connectivity index (χ1n) is 11.8. The van der Waals surface area contributed by atoms with Crippen LogP contribution in [0.1, 0.15) is 48.7 Å². The zero-order valence-electron chi connectivity index (χ0n) is 20.7. The molecular formula is C27H35N3O4. The molecule has 0 aliphatic carbocycles. The van der Waals surface area contributed by atoms with Crippen LogP contribution in [0.5, 0.6) is 11.6 Å². The van der Waals surface area contributed by atoms with Crippen molar-refractivity contribution in [3.63, 3.8) is 0 Å². The number of para-hydroxylation sites is 1. The minimum atomic E-state index is -0.321. The van der Waals surface area contributed by atoms with Gasteiger partial charge in [0.05, 0.1) is 25.3 Å². The second-order valence-corrected chi connectivity index (χ2v) is 8.91. The van der Waals surface area contributed by atoms with Gasteiger partial charge in [-0.15, -0.1) is 0 Å². The van der Waals surface area contributed by atoms with Gasteiger partial charge < -0.3 is 24.4 Å². The smallest absolute Gasteiger partial charge is 0.259 e. The molecule has 2 heterocycles. The lowest BCUT2D eigenvalue weighted by Gasteiger charge is -2.37. The highest BCUT2D eigenvalue weighted by Crippen LogP contribution is 2.27. The molecule has 0 unspecified atom stereocenters.